The molecule has 0 bridgehead atoms. The molecule has 2 atom stereocenters. The molecular weight excluding hydrogens is 687 g/mol. The number of amidine groups is 1. The molecule has 266 valence electrons. The number of rotatable bonds is 7. The summed E-state index contributed by atoms with van der Waals surface area (Å²) in [4.78, 5) is 38.9. The molecule has 0 radical (unpaired) electrons. The van der Waals surface area contributed by atoms with Crippen LogP contribution in [0.2, 0.25) is 10.0 Å². The Labute approximate surface area is 309 Å². The van der Waals surface area contributed by atoms with Crippen molar-refractivity contribution in [2.45, 2.75) is 59.5 Å². The Morgan fingerprint density at radius 3 is 2.08 bits per heavy atom. The van der Waals surface area contributed by atoms with Gasteiger partial charge in [0.2, 0.25) is 0 Å². The van der Waals surface area contributed by atoms with Crippen molar-refractivity contribution in [1.29, 1.82) is 5.26 Å². The predicted octanol–water partition coefficient (Wildman–Crippen LogP) is 8.56. The normalized spacial score (nSPS) is 17.5. The molecule has 0 N–H and O–H groups in total. The molecule has 0 spiro atoms. The van der Waals surface area contributed by atoms with Crippen LogP contribution in [-0.4, -0.2) is 70.4 Å². The number of benzene rings is 3. The Morgan fingerprint density at radius 2 is 1.53 bits per heavy atom. The first-order chi connectivity index (χ1) is 23.9. The molecule has 1 aromatic heterocycles. The summed E-state index contributed by atoms with van der Waals surface area (Å²) in [5.41, 5.74) is 3.24. The number of nitriles is 1. The highest BCUT2D eigenvalue weighted by Crippen LogP contribution is 2.46. The van der Waals surface area contributed by atoms with Gasteiger partial charge in [-0.3, -0.25) is 14.7 Å². The summed E-state index contributed by atoms with van der Waals surface area (Å²) in [5.74, 6) is 1.26. The first-order valence-corrected chi connectivity index (χ1v) is 17.3. The molecule has 1 fully saturated rings. The van der Waals surface area contributed by atoms with Crippen LogP contribution in [0.25, 0.3) is 0 Å². The smallest absolute Gasteiger partial charge is 0.326 e. The van der Waals surface area contributed by atoms with Gasteiger partial charge in [0.15, 0.2) is 0 Å². The highest BCUT2D eigenvalue weighted by atomic mass is 35.5. The molecule has 6 rings (SSSR count). The van der Waals surface area contributed by atoms with Crippen molar-refractivity contribution in [3.8, 4) is 11.8 Å². The van der Waals surface area contributed by atoms with Crippen molar-refractivity contribution in [2.24, 2.45) is 4.99 Å². The number of hydrogen-bond acceptors (Lipinski definition) is 7. The zero-order valence-corrected chi connectivity index (χ0v) is 30.1. The van der Waals surface area contributed by atoms with Gasteiger partial charge >= 0.3 is 6.03 Å². The fraction of sp³-hybridized carbons (Fsp3) is 0.359. The summed E-state index contributed by atoms with van der Waals surface area (Å²) in [6.45, 7) is 10.7. The molecule has 1 saturated heterocycles. The molecule has 2 aliphatic rings. The molecule has 0 aliphatic carbocycles. The summed E-state index contributed by atoms with van der Waals surface area (Å²) in [6, 6.07) is 21.5. The average Bonchev–Trinajstić information content (AvgIpc) is 3.68. The minimum absolute atomic E-state index is 0. The number of carbonyl (C=O) groups excluding carboxylic acids is 2. The van der Waals surface area contributed by atoms with Crippen LogP contribution in [0.3, 0.4) is 0 Å². The Kier molecular flexibility index (Phi) is 11.1. The van der Waals surface area contributed by atoms with Crippen LogP contribution >= 0.6 is 23.2 Å². The maximum Gasteiger partial charge on any atom is 0.326 e. The first kappa shape index (κ1) is 37.4. The molecular formula is C39H42Cl2N6O4. The van der Waals surface area contributed by atoms with Crippen LogP contribution in [0.5, 0.6) is 5.75 Å². The number of amides is 3. The largest absolute Gasteiger partial charge is 0.493 e. The van der Waals surface area contributed by atoms with Crippen LogP contribution in [0.4, 0.5) is 4.79 Å². The number of ether oxygens (including phenoxy) is 1. The molecule has 10 nitrogen and oxygen atoms in total. The van der Waals surface area contributed by atoms with Crippen molar-refractivity contribution in [1.82, 2.24) is 19.9 Å². The molecule has 4 aromatic rings. The summed E-state index contributed by atoms with van der Waals surface area (Å²) in [7, 11) is 0. The third kappa shape index (κ3) is 7.32. The third-order valence-corrected chi connectivity index (χ3v) is 9.81. The maximum atomic E-state index is 15.0. The summed E-state index contributed by atoms with van der Waals surface area (Å²) < 4.78 is 11.4. The number of carbonyl (C=O) groups is 2. The van der Waals surface area contributed by atoms with E-state index < -0.39 is 17.5 Å². The summed E-state index contributed by atoms with van der Waals surface area (Å²) >= 11 is 12.6. The molecule has 0 unspecified atom stereocenters. The van der Waals surface area contributed by atoms with Crippen LogP contribution in [0, 0.1) is 25.2 Å². The highest BCUT2D eigenvalue weighted by molar-refractivity contribution is 6.30. The van der Waals surface area contributed by atoms with E-state index in [4.69, 9.17) is 37.5 Å². The Hall–Kier alpha value is -4.85. The second-order valence-corrected chi connectivity index (χ2v) is 13.8. The van der Waals surface area contributed by atoms with E-state index in [2.05, 4.69) is 11.2 Å². The van der Waals surface area contributed by atoms with E-state index >= 15 is 0 Å². The topological polar surface area (TPSA) is 115 Å². The van der Waals surface area contributed by atoms with Crippen LogP contribution in [0.15, 0.2) is 76.2 Å². The zero-order chi connectivity index (χ0) is 35.7. The van der Waals surface area contributed by atoms with Gasteiger partial charge in [-0.25, -0.2) is 4.79 Å². The van der Waals surface area contributed by atoms with Gasteiger partial charge in [0, 0.05) is 36.2 Å². The molecule has 3 aromatic carbocycles. The van der Waals surface area contributed by atoms with Crippen molar-refractivity contribution < 1.29 is 18.8 Å². The SMILES string of the molecule is C.CCOc1ccc(C(C)(C)C#N)cc1C1=N[C@@H](c2ccc(Cl)cc2)[C@@H](c2ccc(Cl)cc2)N1C(=O)N1CCN(C(=O)c2c(C)noc2C)CC1. The minimum atomic E-state index is -0.817. The van der Waals surface area contributed by atoms with Crippen molar-refractivity contribution in [3.05, 3.63) is 116 Å². The number of aromatic nitrogens is 1. The Balaban J connectivity index is 0.00000504. The van der Waals surface area contributed by atoms with Crippen LogP contribution < -0.4 is 4.74 Å². The third-order valence-electron chi connectivity index (χ3n) is 9.30. The fourth-order valence-electron chi connectivity index (χ4n) is 6.49. The molecule has 51 heavy (non-hydrogen) atoms. The zero-order valence-electron chi connectivity index (χ0n) is 28.6. The van der Waals surface area contributed by atoms with E-state index in [1.807, 2.05) is 75.4 Å². The number of urea groups is 1. The van der Waals surface area contributed by atoms with Gasteiger partial charge < -0.3 is 19.1 Å². The lowest BCUT2D eigenvalue weighted by Crippen LogP contribution is -2.55. The van der Waals surface area contributed by atoms with E-state index in [-0.39, 0.29) is 19.4 Å². The summed E-state index contributed by atoms with van der Waals surface area (Å²) in [5, 5.41) is 15.1. The van der Waals surface area contributed by atoms with E-state index in [9.17, 15) is 14.9 Å². The average molecular weight is 730 g/mol. The van der Waals surface area contributed by atoms with Crippen molar-refractivity contribution >= 4 is 41.0 Å². The molecule has 2 aliphatic heterocycles. The minimum Gasteiger partial charge on any atom is -0.493 e. The van der Waals surface area contributed by atoms with E-state index in [0.29, 0.717) is 77.0 Å². The predicted molar refractivity (Wildman–Crippen MR) is 199 cm³/mol. The quantitative estimate of drug-likeness (QED) is 0.188. The number of hydrogen-bond donors (Lipinski definition) is 0. The summed E-state index contributed by atoms with van der Waals surface area (Å²) in [6.07, 6.45) is 0. The van der Waals surface area contributed by atoms with Crippen LogP contribution in [-0.2, 0) is 5.41 Å². The van der Waals surface area contributed by atoms with Crippen molar-refractivity contribution in [3.63, 3.8) is 0 Å². The second kappa shape index (κ2) is 15.2. The van der Waals surface area contributed by atoms with E-state index in [0.717, 1.165) is 16.7 Å². The standard InChI is InChI=1S/C38H38Cl2N6O4.CH4/c1-6-49-31-16-11-27(38(4,5)22-41)21-30(31)35-42-33(25-7-12-28(39)13-8-25)34(26-9-14-29(40)15-10-26)46(35)37(48)45-19-17-44(18-20-45)36(47)32-23(2)43-50-24(32)3;/h7-16,21,33-34H,6,17-20H2,1-5H3;1H4/t33-,34+;/m0./s1. The highest BCUT2D eigenvalue weighted by Gasteiger charge is 2.45. The van der Waals surface area contributed by atoms with Gasteiger partial charge in [0.1, 0.15) is 29.0 Å². The lowest BCUT2D eigenvalue weighted by Gasteiger charge is -2.39. The lowest BCUT2D eigenvalue weighted by molar-refractivity contribution is 0.0644. The lowest BCUT2D eigenvalue weighted by atomic mass is 9.85. The Bertz CT molecular complexity index is 1960. The number of halogens is 2. The first-order valence-electron chi connectivity index (χ1n) is 16.5. The van der Waals surface area contributed by atoms with E-state index in [1.165, 1.54) is 0 Å². The second-order valence-electron chi connectivity index (χ2n) is 13.0. The van der Waals surface area contributed by atoms with E-state index in [1.54, 1.807) is 40.7 Å². The van der Waals surface area contributed by atoms with Crippen LogP contribution in [0.1, 0.15) is 84.3 Å². The molecule has 0 saturated carbocycles. The monoisotopic (exact) mass is 728 g/mol. The Morgan fingerprint density at radius 1 is 0.941 bits per heavy atom. The van der Waals surface area contributed by atoms with Gasteiger partial charge in [0.25, 0.3) is 5.91 Å². The number of aryl methyl sites for hydroxylation is 2. The molecule has 3 heterocycles. The van der Waals surface area contributed by atoms with Gasteiger partial charge in [-0.15, -0.1) is 0 Å². The van der Waals surface area contributed by atoms with Gasteiger partial charge in [-0.1, -0.05) is 66.1 Å². The van der Waals surface area contributed by atoms with Crippen molar-refractivity contribution in [2.75, 3.05) is 32.8 Å². The van der Waals surface area contributed by atoms with Gasteiger partial charge in [0.05, 0.1) is 35.4 Å². The molecule has 12 heteroatoms. The fourth-order valence-corrected chi connectivity index (χ4v) is 6.75. The number of nitrogens with zero attached hydrogens (tertiary/aromatic N) is 6. The maximum absolute atomic E-state index is 15.0. The van der Waals surface area contributed by atoms with Gasteiger partial charge in [-0.2, -0.15) is 5.26 Å². The number of piperazine rings is 1. The molecule has 3 amide bonds. The number of aliphatic imine (C=N–C) groups is 1. The van der Waals surface area contributed by atoms with Gasteiger partial charge in [-0.05, 0) is 87.7 Å².